The largest absolute Gasteiger partial charge is 0.312 e. The third kappa shape index (κ3) is 3.16. The molecule has 0 amide bonds. The number of benzene rings is 1. The maximum absolute atomic E-state index is 11.4. The fraction of sp³-hybridized carbons (Fsp3) is 0.571. The number of hydrogen-bond donors (Lipinski definition) is 1. The van der Waals surface area contributed by atoms with Gasteiger partial charge in [-0.15, -0.1) is 0 Å². The summed E-state index contributed by atoms with van der Waals surface area (Å²) >= 11 is 0. The molecule has 5 heteroatoms. The zero-order valence-corrected chi connectivity index (χ0v) is 11.8. The fourth-order valence-corrected chi connectivity index (χ4v) is 4.65. The predicted octanol–water partition coefficient (Wildman–Crippen LogP) is 0.779. The Bertz CT molecular complexity index is 531. The molecule has 4 nitrogen and oxygen atoms in total. The van der Waals surface area contributed by atoms with E-state index in [9.17, 15) is 8.42 Å². The van der Waals surface area contributed by atoms with Gasteiger partial charge in [0.05, 0.1) is 11.5 Å². The molecule has 1 unspecified atom stereocenters. The van der Waals surface area contributed by atoms with Crippen molar-refractivity contribution in [2.75, 3.05) is 24.6 Å². The molecule has 19 heavy (non-hydrogen) atoms. The first-order chi connectivity index (χ1) is 9.12. The molecule has 2 heterocycles. The Hall–Kier alpha value is -0.910. The molecular weight excluding hydrogens is 260 g/mol. The number of rotatable bonds is 4. The van der Waals surface area contributed by atoms with Crippen LogP contribution < -0.4 is 5.32 Å². The molecule has 1 fully saturated rings. The van der Waals surface area contributed by atoms with Crippen LogP contribution in [0.2, 0.25) is 0 Å². The van der Waals surface area contributed by atoms with Crippen LogP contribution in [0.4, 0.5) is 0 Å². The number of hydrogen-bond acceptors (Lipinski definition) is 4. The van der Waals surface area contributed by atoms with E-state index in [-0.39, 0.29) is 6.04 Å². The third-order valence-corrected chi connectivity index (χ3v) is 5.77. The molecule has 1 aromatic carbocycles. The minimum Gasteiger partial charge on any atom is -0.312 e. The first kappa shape index (κ1) is 13.1. The number of fused-ring (bicyclic) bond motifs is 1. The van der Waals surface area contributed by atoms with E-state index in [1.165, 1.54) is 11.1 Å². The summed E-state index contributed by atoms with van der Waals surface area (Å²) in [5, 5.41) is 3.37. The van der Waals surface area contributed by atoms with Crippen molar-refractivity contribution in [2.45, 2.75) is 25.6 Å². The molecule has 3 rings (SSSR count). The molecule has 104 valence electrons. The maximum Gasteiger partial charge on any atom is 0.151 e. The summed E-state index contributed by atoms with van der Waals surface area (Å²) in [6.07, 6.45) is 0.766. The molecule has 0 aliphatic carbocycles. The summed E-state index contributed by atoms with van der Waals surface area (Å²) in [6, 6.07) is 8.71. The van der Waals surface area contributed by atoms with Crippen molar-refractivity contribution in [3.8, 4) is 0 Å². The Balaban J connectivity index is 1.43. The molecule has 0 radical (unpaired) electrons. The number of sulfone groups is 1. The van der Waals surface area contributed by atoms with Crippen LogP contribution in [0.25, 0.3) is 0 Å². The first-order valence-electron chi connectivity index (χ1n) is 6.85. The van der Waals surface area contributed by atoms with E-state index in [4.69, 9.17) is 0 Å². The number of nitrogens with one attached hydrogen (secondary N) is 1. The first-order valence-corrected chi connectivity index (χ1v) is 8.67. The summed E-state index contributed by atoms with van der Waals surface area (Å²) in [5.74, 6) is 0.660. The van der Waals surface area contributed by atoms with Gasteiger partial charge in [0.1, 0.15) is 0 Å². The van der Waals surface area contributed by atoms with Gasteiger partial charge in [0.25, 0.3) is 0 Å². The standard InChI is InChI=1S/C14H20N2O2S/c17-19(18)8-5-14(11-19)15-6-7-16-9-12-3-1-2-4-13(12)10-16/h1-4,14-15H,5-11H2. The van der Waals surface area contributed by atoms with Crippen molar-refractivity contribution in [1.82, 2.24) is 10.2 Å². The molecule has 2 aliphatic heterocycles. The van der Waals surface area contributed by atoms with Crippen LogP contribution in [0.1, 0.15) is 17.5 Å². The molecule has 1 saturated heterocycles. The van der Waals surface area contributed by atoms with Crippen molar-refractivity contribution in [3.05, 3.63) is 35.4 Å². The lowest BCUT2D eigenvalue weighted by molar-refractivity contribution is 0.279. The van der Waals surface area contributed by atoms with E-state index >= 15 is 0 Å². The summed E-state index contributed by atoms with van der Waals surface area (Å²) in [7, 11) is -2.76. The monoisotopic (exact) mass is 280 g/mol. The highest BCUT2D eigenvalue weighted by Crippen LogP contribution is 2.21. The molecule has 0 bridgehead atoms. The van der Waals surface area contributed by atoms with E-state index in [1.807, 2.05) is 0 Å². The van der Waals surface area contributed by atoms with Crippen molar-refractivity contribution in [1.29, 1.82) is 0 Å². The lowest BCUT2D eigenvalue weighted by atomic mass is 10.1. The Labute approximate surface area is 114 Å². The summed E-state index contributed by atoms with van der Waals surface area (Å²) in [4.78, 5) is 2.40. The van der Waals surface area contributed by atoms with Gasteiger partial charge in [-0.1, -0.05) is 24.3 Å². The van der Waals surface area contributed by atoms with E-state index in [1.54, 1.807) is 0 Å². The lowest BCUT2D eigenvalue weighted by Gasteiger charge is -2.17. The van der Waals surface area contributed by atoms with Crippen LogP contribution in [0.5, 0.6) is 0 Å². The van der Waals surface area contributed by atoms with Gasteiger partial charge in [0.2, 0.25) is 0 Å². The van der Waals surface area contributed by atoms with E-state index in [0.29, 0.717) is 11.5 Å². The minimum atomic E-state index is -2.76. The normalized spacial score (nSPS) is 25.6. The van der Waals surface area contributed by atoms with Gasteiger partial charge in [0, 0.05) is 32.2 Å². The van der Waals surface area contributed by atoms with Gasteiger partial charge < -0.3 is 5.32 Å². The quantitative estimate of drug-likeness (QED) is 0.885. The van der Waals surface area contributed by atoms with E-state index in [2.05, 4.69) is 34.5 Å². The second kappa shape index (κ2) is 5.23. The molecule has 1 aromatic rings. The van der Waals surface area contributed by atoms with Gasteiger partial charge in [-0.2, -0.15) is 0 Å². The zero-order valence-electron chi connectivity index (χ0n) is 11.0. The van der Waals surface area contributed by atoms with Crippen molar-refractivity contribution in [2.24, 2.45) is 0 Å². The topological polar surface area (TPSA) is 49.4 Å². The number of nitrogens with zero attached hydrogens (tertiary/aromatic N) is 1. The molecule has 1 N–H and O–H groups in total. The lowest BCUT2D eigenvalue weighted by Crippen LogP contribution is -2.36. The van der Waals surface area contributed by atoms with Crippen molar-refractivity contribution >= 4 is 9.84 Å². The predicted molar refractivity (Wildman–Crippen MR) is 75.6 cm³/mol. The Morgan fingerprint density at radius 3 is 2.47 bits per heavy atom. The Morgan fingerprint density at radius 1 is 1.21 bits per heavy atom. The van der Waals surface area contributed by atoms with Gasteiger partial charge in [-0.3, -0.25) is 4.90 Å². The minimum absolute atomic E-state index is 0.162. The summed E-state index contributed by atoms with van der Waals surface area (Å²) in [5.41, 5.74) is 2.84. The smallest absolute Gasteiger partial charge is 0.151 e. The molecule has 0 aromatic heterocycles. The summed E-state index contributed by atoms with van der Waals surface area (Å²) in [6.45, 7) is 3.88. The van der Waals surface area contributed by atoms with E-state index in [0.717, 1.165) is 32.6 Å². The second-order valence-corrected chi connectivity index (χ2v) is 7.76. The average molecular weight is 280 g/mol. The van der Waals surface area contributed by atoms with Crippen molar-refractivity contribution < 1.29 is 8.42 Å². The van der Waals surface area contributed by atoms with Crippen LogP contribution in [0, 0.1) is 0 Å². The average Bonchev–Trinajstić information content (AvgIpc) is 2.92. The van der Waals surface area contributed by atoms with Gasteiger partial charge >= 0.3 is 0 Å². The molecule has 1 atom stereocenters. The highest BCUT2D eigenvalue weighted by Gasteiger charge is 2.27. The highest BCUT2D eigenvalue weighted by molar-refractivity contribution is 7.91. The second-order valence-electron chi connectivity index (χ2n) is 5.53. The molecule has 2 aliphatic rings. The Morgan fingerprint density at radius 2 is 1.89 bits per heavy atom. The van der Waals surface area contributed by atoms with Crippen LogP contribution in [0.15, 0.2) is 24.3 Å². The van der Waals surface area contributed by atoms with E-state index < -0.39 is 9.84 Å². The van der Waals surface area contributed by atoms with Gasteiger partial charge in [-0.05, 0) is 17.5 Å². The highest BCUT2D eigenvalue weighted by atomic mass is 32.2. The third-order valence-electron chi connectivity index (χ3n) is 4.00. The summed E-state index contributed by atoms with van der Waals surface area (Å²) < 4.78 is 22.7. The molecule has 0 spiro atoms. The Kier molecular flexibility index (Phi) is 3.60. The van der Waals surface area contributed by atoms with Gasteiger partial charge in [-0.25, -0.2) is 8.42 Å². The molecular formula is C14H20N2O2S. The van der Waals surface area contributed by atoms with Crippen LogP contribution in [0.3, 0.4) is 0 Å². The molecule has 0 saturated carbocycles. The van der Waals surface area contributed by atoms with Crippen molar-refractivity contribution in [3.63, 3.8) is 0 Å². The fourth-order valence-electron chi connectivity index (χ4n) is 2.94. The SMILES string of the molecule is O=S1(=O)CCC(NCCN2Cc3ccccc3C2)C1. The van der Waals surface area contributed by atoms with Gasteiger partial charge in [0.15, 0.2) is 9.84 Å². The van der Waals surface area contributed by atoms with Crippen LogP contribution in [-0.2, 0) is 22.9 Å². The zero-order chi connectivity index (χ0) is 13.3. The van der Waals surface area contributed by atoms with Crippen LogP contribution >= 0.6 is 0 Å². The maximum atomic E-state index is 11.4. The van der Waals surface area contributed by atoms with Crippen LogP contribution in [-0.4, -0.2) is 44.0 Å².